The molecular weight excluding hydrogens is 370 g/mol. The molecule has 6 nitrogen and oxygen atoms in total. The lowest BCUT2D eigenvalue weighted by molar-refractivity contribution is -0.120. The summed E-state index contributed by atoms with van der Waals surface area (Å²) in [5.74, 6) is 1.06. The minimum Gasteiger partial charge on any atom is -0.355 e. The number of nitrogens with one attached hydrogen (secondary N) is 1. The summed E-state index contributed by atoms with van der Waals surface area (Å²) in [5.41, 5.74) is 1.24. The summed E-state index contributed by atoms with van der Waals surface area (Å²) in [7, 11) is 0. The first-order chi connectivity index (χ1) is 13.7. The van der Waals surface area contributed by atoms with Crippen LogP contribution in [-0.2, 0) is 11.2 Å². The van der Waals surface area contributed by atoms with Crippen molar-refractivity contribution in [1.29, 1.82) is 0 Å². The molecular formula is C21H29N5OS. The normalized spacial score (nSPS) is 18.1. The van der Waals surface area contributed by atoms with Crippen LogP contribution in [0.25, 0.3) is 0 Å². The largest absolute Gasteiger partial charge is 0.355 e. The standard InChI is InChI=1S/C21H29N5OS/c1-16(19(27)22-13-12-17-8-4-2-5-9-17)28-21-24-23-20(26(21)18-10-11-18)25-14-6-3-7-15-25/h2,4-5,8-9,16,18H,3,6-7,10-15H2,1H3,(H,22,27). The van der Waals surface area contributed by atoms with Crippen molar-refractivity contribution in [2.75, 3.05) is 24.5 Å². The van der Waals surface area contributed by atoms with Crippen molar-refractivity contribution in [2.45, 2.75) is 61.9 Å². The summed E-state index contributed by atoms with van der Waals surface area (Å²) in [4.78, 5) is 14.9. The first-order valence-electron chi connectivity index (χ1n) is 10.4. The van der Waals surface area contributed by atoms with Crippen LogP contribution < -0.4 is 10.2 Å². The van der Waals surface area contributed by atoms with Crippen LogP contribution in [-0.4, -0.2) is 45.6 Å². The molecule has 1 atom stereocenters. The van der Waals surface area contributed by atoms with Crippen LogP contribution in [0, 0.1) is 0 Å². The number of nitrogens with zero attached hydrogens (tertiary/aromatic N) is 4. The number of carbonyl (C=O) groups is 1. The molecule has 0 spiro atoms. The van der Waals surface area contributed by atoms with Crippen LogP contribution in [0.15, 0.2) is 35.5 Å². The first-order valence-corrected chi connectivity index (χ1v) is 11.3. The molecule has 7 heteroatoms. The van der Waals surface area contributed by atoms with E-state index in [1.165, 1.54) is 49.4 Å². The van der Waals surface area contributed by atoms with E-state index in [0.717, 1.165) is 30.6 Å². The third kappa shape index (κ3) is 4.69. The highest BCUT2D eigenvalue weighted by Crippen LogP contribution is 2.41. The monoisotopic (exact) mass is 399 g/mol. The maximum Gasteiger partial charge on any atom is 0.233 e. The van der Waals surface area contributed by atoms with E-state index in [0.29, 0.717) is 12.6 Å². The summed E-state index contributed by atoms with van der Waals surface area (Å²) in [6, 6.07) is 10.7. The molecule has 1 aliphatic carbocycles. The van der Waals surface area contributed by atoms with E-state index >= 15 is 0 Å². The SMILES string of the molecule is CC(Sc1nnc(N2CCCCC2)n1C1CC1)C(=O)NCCc1ccccc1. The topological polar surface area (TPSA) is 63.1 Å². The van der Waals surface area contributed by atoms with Gasteiger partial charge in [-0.15, -0.1) is 10.2 Å². The minimum absolute atomic E-state index is 0.0609. The molecule has 1 aromatic carbocycles. The lowest BCUT2D eigenvalue weighted by atomic mass is 10.1. The van der Waals surface area contributed by atoms with Crippen molar-refractivity contribution in [3.05, 3.63) is 35.9 Å². The number of benzene rings is 1. The quantitative estimate of drug-likeness (QED) is 0.689. The number of carbonyl (C=O) groups excluding carboxylic acids is 1. The van der Waals surface area contributed by atoms with Gasteiger partial charge in [-0.05, 0) is 51.0 Å². The molecule has 150 valence electrons. The molecule has 1 amide bonds. The molecule has 2 aliphatic rings. The van der Waals surface area contributed by atoms with Crippen molar-refractivity contribution in [2.24, 2.45) is 0 Å². The van der Waals surface area contributed by atoms with E-state index in [1.807, 2.05) is 25.1 Å². The Balaban J connectivity index is 1.35. The molecule has 1 saturated carbocycles. The second kappa shape index (κ2) is 8.99. The molecule has 1 aromatic heterocycles. The molecule has 2 heterocycles. The molecule has 0 radical (unpaired) electrons. The van der Waals surface area contributed by atoms with Gasteiger partial charge in [-0.3, -0.25) is 9.36 Å². The molecule has 28 heavy (non-hydrogen) atoms. The molecule has 0 bridgehead atoms. The highest BCUT2D eigenvalue weighted by atomic mass is 32.2. The first kappa shape index (κ1) is 19.3. The average molecular weight is 400 g/mol. The Labute approximate surface area is 171 Å². The Morgan fingerprint density at radius 2 is 1.93 bits per heavy atom. The van der Waals surface area contributed by atoms with Crippen LogP contribution >= 0.6 is 11.8 Å². The highest BCUT2D eigenvalue weighted by Gasteiger charge is 2.33. The number of amides is 1. The lowest BCUT2D eigenvalue weighted by Crippen LogP contribution is -2.33. The molecule has 1 saturated heterocycles. The summed E-state index contributed by atoms with van der Waals surface area (Å²) >= 11 is 1.53. The van der Waals surface area contributed by atoms with Crippen LogP contribution in [0.3, 0.4) is 0 Å². The van der Waals surface area contributed by atoms with Gasteiger partial charge in [0.25, 0.3) is 0 Å². The van der Waals surface area contributed by atoms with Crippen molar-refractivity contribution < 1.29 is 4.79 Å². The fourth-order valence-electron chi connectivity index (χ4n) is 3.64. The Kier molecular flexibility index (Phi) is 6.20. The fourth-order valence-corrected chi connectivity index (χ4v) is 4.58. The molecule has 2 aromatic rings. The van der Waals surface area contributed by atoms with Gasteiger partial charge in [-0.1, -0.05) is 42.1 Å². The van der Waals surface area contributed by atoms with E-state index in [-0.39, 0.29) is 11.2 Å². The van der Waals surface area contributed by atoms with Crippen LogP contribution in [0.5, 0.6) is 0 Å². The second-order valence-corrected chi connectivity index (χ2v) is 9.03. The Morgan fingerprint density at radius 3 is 2.64 bits per heavy atom. The van der Waals surface area contributed by atoms with Gasteiger partial charge in [-0.25, -0.2) is 0 Å². The Morgan fingerprint density at radius 1 is 1.18 bits per heavy atom. The van der Waals surface area contributed by atoms with Gasteiger partial charge in [0.1, 0.15) is 0 Å². The Hall–Kier alpha value is -2.02. The van der Waals surface area contributed by atoms with Crippen molar-refractivity contribution in [3.63, 3.8) is 0 Å². The molecule has 1 aliphatic heterocycles. The van der Waals surface area contributed by atoms with Crippen molar-refractivity contribution in [3.8, 4) is 0 Å². The van der Waals surface area contributed by atoms with Gasteiger partial charge >= 0.3 is 0 Å². The van der Waals surface area contributed by atoms with E-state index in [9.17, 15) is 4.79 Å². The summed E-state index contributed by atoms with van der Waals surface area (Å²) in [6.45, 7) is 4.73. The average Bonchev–Trinajstić information content (AvgIpc) is 3.49. The van der Waals surface area contributed by atoms with Crippen molar-refractivity contribution in [1.82, 2.24) is 20.1 Å². The number of rotatable bonds is 8. The lowest BCUT2D eigenvalue weighted by Gasteiger charge is -2.28. The summed E-state index contributed by atoms with van der Waals surface area (Å²) in [6.07, 6.45) is 6.96. The van der Waals surface area contributed by atoms with Gasteiger partial charge in [0.2, 0.25) is 11.9 Å². The zero-order chi connectivity index (χ0) is 19.3. The molecule has 2 fully saturated rings. The predicted molar refractivity (Wildman–Crippen MR) is 113 cm³/mol. The molecule has 4 rings (SSSR count). The van der Waals surface area contributed by atoms with Gasteiger partial charge in [-0.2, -0.15) is 0 Å². The summed E-state index contributed by atoms with van der Waals surface area (Å²) in [5, 5.41) is 12.7. The zero-order valence-corrected chi connectivity index (χ0v) is 17.3. The van der Waals surface area contributed by atoms with E-state index < -0.39 is 0 Å². The minimum atomic E-state index is -0.188. The van der Waals surface area contributed by atoms with E-state index in [4.69, 9.17) is 0 Å². The zero-order valence-electron chi connectivity index (χ0n) is 16.5. The maximum atomic E-state index is 12.5. The Bertz CT molecular complexity index is 783. The highest BCUT2D eigenvalue weighted by molar-refractivity contribution is 8.00. The van der Waals surface area contributed by atoms with Gasteiger partial charge in [0, 0.05) is 25.7 Å². The smallest absolute Gasteiger partial charge is 0.233 e. The van der Waals surface area contributed by atoms with Crippen LogP contribution in [0.1, 0.15) is 50.6 Å². The number of anilines is 1. The van der Waals surface area contributed by atoms with Crippen LogP contribution in [0.4, 0.5) is 5.95 Å². The molecule has 1 unspecified atom stereocenters. The maximum absolute atomic E-state index is 12.5. The van der Waals surface area contributed by atoms with E-state index in [2.05, 4.69) is 37.1 Å². The van der Waals surface area contributed by atoms with Gasteiger partial charge in [0.05, 0.1) is 5.25 Å². The molecule has 1 N–H and O–H groups in total. The van der Waals surface area contributed by atoms with Gasteiger partial charge in [0.15, 0.2) is 5.16 Å². The van der Waals surface area contributed by atoms with Crippen LogP contribution in [0.2, 0.25) is 0 Å². The van der Waals surface area contributed by atoms with Crippen molar-refractivity contribution >= 4 is 23.6 Å². The predicted octanol–water partition coefficient (Wildman–Crippen LogP) is 3.44. The second-order valence-electron chi connectivity index (χ2n) is 7.72. The number of hydrogen-bond acceptors (Lipinski definition) is 5. The fraction of sp³-hybridized carbons (Fsp3) is 0.571. The number of thioether (sulfide) groups is 1. The third-order valence-electron chi connectivity index (χ3n) is 5.40. The van der Waals surface area contributed by atoms with Gasteiger partial charge < -0.3 is 10.2 Å². The number of hydrogen-bond donors (Lipinski definition) is 1. The number of piperidine rings is 1. The summed E-state index contributed by atoms with van der Waals surface area (Å²) < 4.78 is 2.28. The third-order valence-corrected chi connectivity index (χ3v) is 6.46. The number of aromatic nitrogens is 3. The van der Waals surface area contributed by atoms with E-state index in [1.54, 1.807) is 0 Å².